The number of alkyl halides is 1. The number of nitrogens with two attached hydrogens (primary N) is 1. The zero-order valence-corrected chi connectivity index (χ0v) is 17.8. The van der Waals surface area contributed by atoms with Crippen LogP contribution in [0, 0.1) is 6.08 Å². The fourth-order valence-electron chi connectivity index (χ4n) is 2.63. The monoisotopic (exact) mass is 527 g/mol. The van der Waals surface area contributed by atoms with Gasteiger partial charge < -0.3 is 35.2 Å². The maximum Gasteiger partial charge on any atom is 0.490 e. The van der Waals surface area contributed by atoms with E-state index in [2.05, 4.69) is 28.1 Å². The van der Waals surface area contributed by atoms with Crippen LogP contribution in [0.3, 0.4) is 0 Å². The van der Waals surface area contributed by atoms with E-state index >= 15 is 0 Å². The van der Waals surface area contributed by atoms with Crippen molar-refractivity contribution in [3.8, 4) is 0 Å². The van der Waals surface area contributed by atoms with Gasteiger partial charge in [0, 0.05) is 0 Å². The number of ether oxygens (including phenoxy) is 1. The highest BCUT2D eigenvalue weighted by atomic mass is 31.3. The number of nitrogen functional groups attached to an aromatic ring is 1. The lowest BCUT2D eigenvalue weighted by molar-refractivity contribution is -0.0451. The maximum absolute atomic E-state index is 14.6. The first kappa shape index (κ1) is 25.2. The third-order valence-corrected chi connectivity index (χ3v) is 7.61. The molecular formula is C10H14F2N5O12P3. The zero-order valence-electron chi connectivity index (χ0n) is 15.2. The second-order valence-electron chi connectivity index (χ2n) is 6.09. The molecule has 0 spiro atoms. The predicted octanol–water partition coefficient (Wildman–Crippen LogP) is -0.513. The zero-order chi connectivity index (χ0) is 24.1. The SMILES string of the molecule is Nc1nc(F)nc2c1ncn2[C@@H]1O[C@H](COP(=O)(O)OP(=O)(O)OP(=O)(O)O)[C@@H](O)[C@H]1F. The molecule has 32 heavy (non-hydrogen) atoms. The number of hydrogen-bond donors (Lipinski definition) is 6. The van der Waals surface area contributed by atoms with E-state index < -0.39 is 60.8 Å². The van der Waals surface area contributed by atoms with Crippen LogP contribution in [0.15, 0.2) is 6.33 Å². The quantitative estimate of drug-likeness (QED) is 0.186. The first-order chi connectivity index (χ1) is 14.6. The van der Waals surface area contributed by atoms with Crippen LogP contribution >= 0.6 is 23.5 Å². The van der Waals surface area contributed by atoms with E-state index in [-0.39, 0.29) is 17.0 Å². The Morgan fingerprint density at radius 2 is 1.81 bits per heavy atom. The van der Waals surface area contributed by atoms with Gasteiger partial charge in [0.05, 0.1) is 12.9 Å². The van der Waals surface area contributed by atoms with E-state index in [0.29, 0.717) is 0 Å². The molecule has 1 aliphatic heterocycles. The standard InChI is InChI=1S/C10H14F2N5O12P3/c11-4-6(18)3(1-26-31(22,23)29-32(24,25)28-30(19,20)21)27-9(4)17-2-14-5-7(13)15-10(12)16-8(5)17/h2-4,6,9,18H,1H2,(H,22,23)(H,24,25)(H2,13,15,16)(H2,19,20,21)/t3-,4-,6-,9-/m1/s1. The van der Waals surface area contributed by atoms with Gasteiger partial charge in [0.2, 0.25) is 0 Å². The fourth-order valence-corrected chi connectivity index (χ4v) is 5.66. The van der Waals surface area contributed by atoms with Crippen LogP contribution in [0.5, 0.6) is 0 Å². The number of halogens is 2. The van der Waals surface area contributed by atoms with E-state index in [4.69, 9.17) is 25.2 Å². The molecule has 0 radical (unpaired) electrons. The third kappa shape index (κ3) is 5.72. The van der Waals surface area contributed by atoms with Crippen molar-refractivity contribution in [2.45, 2.75) is 24.6 Å². The molecule has 0 bridgehead atoms. The van der Waals surface area contributed by atoms with E-state index in [0.717, 1.165) is 10.9 Å². The molecule has 0 saturated carbocycles. The molecule has 0 aromatic carbocycles. The van der Waals surface area contributed by atoms with Crippen molar-refractivity contribution in [1.82, 2.24) is 19.5 Å². The topological polar surface area (TPSA) is 259 Å². The Kier molecular flexibility index (Phi) is 6.86. The Labute approximate surface area is 175 Å². The van der Waals surface area contributed by atoms with Gasteiger partial charge in [0.25, 0.3) is 0 Å². The Morgan fingerprint density at radius 3 is 2.44 bits per heavy atom. The van der Waals surface area contributed by atoms with Gasteiger partial charge in [-0.25, -0.2) is 23.1 Å². The summed E-state index contributed by atoms with van der Waals surface area (Å²) in [6.45, 7) is -1.11. The maximum atomic E-state index is 14.6. The third-order valence-electron chi connectivity index (χ3n) is 3.81. The minimum Gasteiger partial charge on any atom is -0.387 e. The highest BCUT2D eigenvalue weighted by Gasteiger charge is 2.48. The van der Waals surface area contributed by atoms with Gasteiger partial charge in [-0.2, -0.15) is 23.0 Å². The molecule has 1 fully saturated rings. The Bertz CT molecular complexity index is 1160. The summed E-state index contributed by atoms with van der Waals surface area (Å²) in [7, 11) is -16.9. The number of phosphoric acid groups is 3. The molecule has 3 heterocycles. The number of phosphoric ester groups is 1. The summed E-state index contributed by atoms with van der Waals surface area (Å²) < 4.78 is 79.1. The highest BCUT2D eigenvalue weighted by molar-refractivity contribution is 7.66. The van der Waals surface area contributed by atoms with Crippen LogP contribution < -0.4 is 5.73 Å². The molecule has 1 saturated heterocycles. The highest BCUT2D eigenvalue weighted by Crippen LogP contribution is 2.66. The molecule has 3 rings (SSSR count). The molecule has 7 N–H and O–H groups in total. The van der Waals surface area contributed by atoms with Crippen molar-refractivity contribution in [3.05, 3.63) is 12.4 Å². The molecule has 22 heteroatoms. The van der Waals surface area contributed by atoms with Gasteiger partial charge in [-0.15, -0.1) is 0 Å². The van der Waals surface area contributed by atoms with Crippen molar-refractivity contribution in [3.63, 3.8) is 0 Å². The molecule has 17 nitrogen and oxygen atoms in total. The van der Waals surface area contributed by atoms with Crippen LogP contribution in [0.4, 0.5) is 14.6 Å². The van der Waals surface area contributed by atoms with Gasteiger partial charge in [0.15, 0.2) is 29.4 Å². The van der Waals surface area contributed by atoms with Gasteiger partial charge >= 0.3 is 29.5 Å². The molecular weight excluding hydrogens is 513 g/mol. The smallest absolute Gasteiger partial charge is 0.387 e. The van der Waals surface area contributed by atoms with Crippen LogP contribution in [0.1, 0.15) is 6.23 Å². The molecule has 2 aromatic rings. The summed E-state index contributed by atoms with van der Waals surface area (Å²) in [6.07, 6.45) is -7.87. The van der Waals surface area contributed by atoms with Gasteiger partial charge in [0.1, 0.15) is 12.2 Å². The number of aliphatic hydroxyl groups excluding tert-OH is 1. The summed E-state index contributed by atoms with van der Waals surface area (Å²) in [6, 6.07) is 0. The lowest BCUT2D eigenvalue weighted by Gasteiger charge is -2.19. The summed E-state index contributed by atoms with van der Waals surface area (Å²) in [4.78, 5) is 45.9. The average Bonchev–Trinajstić information content (AvgIpc) is 3.12. The van der Waals surface area contributed by atoms with E-state index in [1.165, 1.54) is 0 Å². The Balaban J connectivity index is 1.72. The fraction of sp³-hybridized carbons (Fsp3) is 0.500. The molecule has 6 atom stereocenters. The minimum atomic E-state index is -5.77. The largest absolute Gasteiger partial charge is 0.490 e. The van der Waals surface area contributed by atoms with Gasteiger partial charge in [-0.3, -0.25) is 9.09 Å². The van der Waals surface area contributed by atoms with Crippen LogP contribution in [-0.2, 0) is 31.6 Å². The molecule has 2 aromatic heterocycles. The first-order valence-electron chi connectivity index (χ1n) is 8.00. The van der Waals surface area contributed by atoms with Crippen molar-refractivity contribution < 1.29 is 65.0 Å². The summed E-state index contributed by atoms with van der Waals surface area (Å²) in [5, 5.41) is 10.0. The van der Waals surface area contributed by atoms with E-state index in [1.54, 1.807) is 0 Å². The number of fused-ring (bicyclic) bond motifs is 1. The number of nitrogens with zero attached hydrogens (tertiary/aromatic N) is 4. The molecule has 1 aliphatic rings. The number of aromatic nitrogens is 4. The number of rotatable bonds is 8. The predicted molar refractivity (Wildman–Crippen MR) is 94.3 cm³/mol. The number of hydrogen-bond acceptors (Lipinski definition) is 12. The molecule has 2 unspecified atom stereocenters. The first-order valence-corrected chi connectivity index (χ1v) is 12.5. The lowest BCUT2D eigenvalue weighted by Crippen LogP contribution is -2.31. The number of anilines is 1. The van der Waals surface area contributed by atoms with E-state index in [1.807, 2.05) is 0 Å². The second kappa shape index (κ2) is 8.72. The lowest BCUT2D eigenvalue weighted by atomic mass is 10.1. The Morgan fingerprint density at radius 1 is 1.16 bits per heavy atom. The summed E-state index contributed by atoms with van der Waals surface area (Å²) >= 11 is 0. The second-order valence-corrected chi connectivity index (χ2v) is 10.5. The van der Waals surface area contributed by atoms with Gasteiger partial charge in [-0.05, 0) is 0 Å². The van der Waals surface area contributed by atoms with Crippen molar-refractivity contribution >= 4 is 40.4 Å². The Hall–Kier alpha value is -1.46. The minimum absolute atomic E-state index is 0.103. The number of aliphatic hydroxyl groups is 1. The van der Waals surface area contributed by atoms with Gasteiger partial charge in [-0.1, -0.05) is 0 Å². The molecule has 0 amide bonds. The molecule has 180 valence electrons. The summed E-state index contributed by atoms with van der Waals surface area (Å²) in [5.41, 5.74) is 5.10. The van der Waals surface area contributed by atoms with Crippen molar-refractivity contribution in [2.75, 3.05) is 12.3 Å². The van der Waals surface area contributed by atoms with E-state index in [9.17, 15) is 32.5 Å². The van der Waals surface area contributed by atoms with Crippen LogP contribution in [0.25, 0.3) is 11.2 Å². The van der Waals surface area contributed by atoms with Crippen LogP contribution in [-0.4, -0.2) is 69.2 Å². The number of imidazole rings is 1. The molecule has 0 aliphatic carbocycles. The normalized spacial score (nSPS) is 28.0. The van der Waals surface area contributed by atoms with Crippen molar-refractivity contribution in [2.24, 2.45) is 0 Å². The average molecular weight is 527 g/mol. The van der Waals surface area contributed by atoms with Crippen molar-refractivity contribution in [1.29, 1.82) is 0 Å². The summed E-state index contributed by atoms with van der Waals surface area (Å²) in [5.74, 6) is -0.357. The van der Waals surface area contributed by atoms with Crippen LogP contribution in [0.2, 0.25) is 0 Å².